The molecule has 35 heavy (non-hydrogen) atoms. The molecule has 2 heterocycles. The minimum absolute atomic E-state index is 0.120. The van der Waals surface area contributed by atoms with Gasteiger partial charge in [-0.15, -0.1) is 0 Å². The number of rotatable bonds is 7. The number of carbonyl (C=O) groups excluding carboxylic acids is 1. The van der Waals surface area contributed by atoms with Crippen LogP contribution < -0.4 is 5.32 Å². The predicted molar refractivity (Wildman–Crippen MR) is 133 cm³/mol. The van der Waals surface area contributed by atoms with Crippen molar-refractivity contribution in [2.24, 2.45) is 10.9 Å². The number of aliphatic imine (C=N–C) groups is 1. The van der Waals surface area contributed by atoms with Crippen LogP contribution >= 0.6 is 0 Å². The molecule has 0 saturated carbocycles. The molecule has 0 aromatic heterocycles. The maximum atomic E-state index is 14.3. The molecule has 2 fully saturated rings. The van der Waals surface area contributed by atoms with Crippen molar-refractivity contribution < 1.29 is 23.8 Å². The number of alkyl carbamates (subject to hydrolysis) is 1. The third-order valence-electron chi connectivity index (χ3n) is 6.58. The lowest BCUT2D eigenvalue weighted by Gasteiger charge is -2.33. The molecule has 2 aromatic carbocycles. The highest BCUT2D eigenvalue weighted by molar-refractivity contribution is 6.02. The molecule has 0 bridgehead atoms. The molecular weight excluding hydrogens is 449 g/mol. The van der Waals surface area contributed by atoms with Gasteiger partial charge in [-0.2, -0.15) is 0 Å². The van der Waals surface area contributed by atoms with Crippen LogP contribution in [0.4, 0.5) is 14.9 Å². The predicted octanol–water partition coefficient (Wildman–Crippen LogP) is 4.71. The van der Waals surface area contributed by atoms with Crippen molar-refractivity contribution in [2.45, 2.75) is 45.8 Å². The number of benzene rings is 2. The standard InChI is InChI=1S/C27H34FN3O4/c1-18-8-9-21(24(13-18)30-19(2)26-23(28)6-3-7-25(26)32)16-31-11-4-5-20(15-31)14-29-27(33)35-22-10-12-34-17-22/h3,6-9,13,20,22,32H,4-5,10-12,14-17H2,1-2H3,(H,29,33). The van der Waals surface area contributed by atoms with E-state index in [1.165, 1.54) is 18.2 Å². The average Bonchev–Trinajstić information content (AvgIpc) is 3.33. The first-order valence-corrected chi connectivity index (χ1v) is 12.3. The number of carbonyl (C=O) groups is 1. The molecule has 2 N–H and O–H groups in total. The lowest BCUT2D eigenvalue weighted by molar-refractivity contribution is 0.0804. The van der Waals surface area contributed by atoms with Gasteiger partial charge in [0, 0.05) is 26.1 Å². The first-order chi connectivity index (χ1) is 16.9. The van der Waals surface area contributed by atoms with Crippen LogP contribution in [-0.4, -0.2) is 60.8 Å². The molecule has 1 amide bonds. The first kappa shape index (κ1) is 25.1. The molecule has 7 nitrogen and oxygen atoms in total. The minimum atomic E-state index is -0.495. The Morgan fingerprint density at radius 1 is 1.31 bits per heavy atom. The number of phenols is 1. The Balaban J connectivity index is 1.40. The van der Waals surface area contributed by atoms with Crippen LogP contribution in [0.5, 0.6) is 5.75 Å². The fourth-order valence-electron chi connectivity index (χ4n) is 4.75. The summed E-state index contributed by atoms with van der Waals surface area (Å²) in [7, 11) is 0. The molecule has 2 aliphatic heterocycles. The van der Waals surface area contributed by atoms with Crippen LogP contribution in [0.15, 0.2) is 41.4 Å². The molecule has 2 aliphatic rings. The van der Waals surface area contributed by atoms with Gasteiger partial charge in [0.25, 0.3) is 0 Å². The number of hydrogen-bond acceptors (Lipinski definition) is 6. The lowest BCUT2D eigenvalue weighted by Crippen LogP contribution is -2.41. The summed E-state index contributed by atoms with van der Waals surface area (Å²) < 4.78 is 25.0. The number of nitrogens with zero attached hydrogens (tertiary/aromatic N) is 2. The third kappa shape index (κ3) is 6.80. The van der Waals surface area contributed by atoms with Crippen molar-refractivity contribution in [1.29, 1.82) is 0 Å². The number of hydrogen-bond donors (Lipinski definition) is 2. The fraction of sp³-hybridized carbons (Fsp3) is 0.481. The molecule has 0 radical (unpaired) electrons. The molecule has 4 rings (SSSR count). The normalized spacial score (nSPS) is 21.2. The number of phenolic OH excluding ortho intramolecular Hbond substituents is 1. The number of halogens is 1. The van der Waals surface area contributed by atoms with Gasteiger partial charge in [-0.05, 0) is 68.5 Å². The second-order valence-corrected chi connectivity index (χ2v) is 9.48. The van der Waals surface area contributed by atoms with Gasteiger partial charge in [0.15, 0.2) is 0 Å². The van der Waals surface area contributed by atoms with Crippen LogP contribution in [0.2, 0.25) is 0 Å². The summed E-state index contributed by atoms with van der Waals surface area (Å²) in [6, 6.07) is 10.4. The van der Waals surface area contributed by atoms with E-state index in [1.807, 2.05) is 13.0 Å². The van der Waals surface area contributed by atoms with Gasteiger partial charge in [0.2, 0.25) is 0 Å². The Kier molecular flexibility index (Phi) is 8.36. The molecule has 0 spiro atoms. The summed E-state index contributed by atoms with van der Waals surface area (Å²) >= 11 is 0. The summed E-state index contributed by atoms with van der Waals surface area (Å²) in [6.45, 7) is 7.93. The van der Waals surface area contributed by atoms with Crippen LogP contribution in [0, 0.1) is 18.7 Å². The van der Waals surface area contributed by atoms with E-state index in [4.69, 9.17) is 14.5 Å². The van der Waals surface area contributed by atoms with Gasteiger partial charge in [-0.3, -0.25) is 9.89 Å². The monoisotopic (exact) mass is 483 g/mol. The minimum Gasteiger partial charge on any atom is -0.507 e. The number of likely N-dealkylation sites (tertiary alicyclic amines) is 1. The molecule has 0 aliphatic carbocycles. The first-order valence-electron chi connectivity index (χ1n) is 12.3. The van der Waals surface area contributed by atoms with Crippen LogP contribution in [0.3, 0.4) is 0 Å². The number of ether oxygens (including phenoxy) is 2. The smallest absolute Gasteiger partial charge is 0.407 e. The lowest BCUT2D eigenvalue weighted by atomic mass is 9.97. The van der Waals surface area contributed by atoms with Crippen molar-refractivity contribution in [1.82, 2.24) is 10.2 Å². The SMILES string of the molecule is CC(=Nc1cc(C)ccc1CN1CCCC(CNC(=O)OC2CCOC2)C1)c1c(O)cccc1F. The second kappa shape index (κ2) is 11.6. The molecular formula is C27H34FN3O4. The van der Waals surface area contributed by atoms with E-state index < -0.39 is 5.82 Å². The topological polar surface area (TPSA) is 83.4 Å². The fourth-order valence-corrected chi connectivity index (χ4v) is 4.75. The van der Waals surface area contributed by atoms with E-state index in [9.17, 15) is 14.3 Å². The molecule has 2 atom stereocenters. The quantitative estimate of drug-likeness (QED) is 0.558. The Hall–Kier alpha value is -2.97. The van der Waals surface area contributed by atoms with E-state index >= 15 is 0 Å². The molecule has 2 saturated heterocycles. The molecule has 8 heteroatoms. The Labute approximate surface area is 206 Å². The van der Waals surface area contributed by atoms with E-state index in [2.05, 4.69) is 22.3 Å². The number of nitrogens with one attached hydrogen (secondary N) is 1. The van der Waals surface area contributed by atoms with Crippen LogP contribution in [0.1, 0.15) is 42.9 Å². The Morgan fingerprint density at radius 3 is 2.94 bits per heavy atom. The zero-order valence-electron chi connectivity index (χ0n) is 20.4. The Morgan fingerprint density at radius 2 is 2.17 bits per heavy atom. The highest BCUT2D eigenvalue weighted by atomic mass is 19.1. The van der Waals surface area contributed by atoms with E-state index in [0.29, 0.717) is 37.9 Å². The van der Waals surface area contributed by atoms with Gasteiger partial charge in [0.1, 0.15) is 17.7 Å². The van der Waals surface area contributed by atoms with Crippen molar-refractivity contribution in [3.05, 3.63) is 58.9 Å². The maximum absolute atomic E-state index is 14.3. The van der Waals surface area contributed by atoms with Crippen molar-refractivity contribution in [3.63, 3.8) is 0 Å². The summed E-state index contributed by atoms with van der Waals surface area (Å²) in [4.78, 5) is 19.2. The molecule has 188 valence electrons. The zero-order chi connectivity index (χ0) is 24.8. The third-order valence-corrected chi connectivity index (χ3v) is 6.58. The maximum Gasteiger partial charge on any atom is 0.407 e. The van der Waals surface area contributed by atoms with E-state index in [1.54, 1.807) is 6.92 Å². The summed E-state index contributed by atoms with van der Waals surface area (Å²) in [5, 5.41) is 13.1. The number of aromatic hydroxyl groups is 1. The van der Waals surface area contributed by atoms with E-state index in [-0.39, 0.29) is 23.5 Å². The average molecular weight is 484 g/mol. The zero-order valence-corrected chi connectivity index (χ0v) is 20.4. The second-order valence-electron chi connectivity index (χ2n) is 9.48. The van der Waals surface area contributed by atoms with Gasteiger partial charge in [-0.25, -0.2) is 9.18 Å². The van der Waals surface area contributed by atoms with Gasteiger partial charge >= 0.3 is 6.09 Å². The van der Waals surface area contributed by atoms with Crippen molar-refractivity contribution in [3.8, 4) is 5.75 Å². The number of aryl methyl sites for hydroxylation is 1. The molecule has 2 unspecified atom stereocenters. The highest BCUT2D eigenvalue weighted by Gasteiger charge is 2.24. The van der Waals surface area contributed by atoms with Gasteiger partial charge in [0.05, 0.1) is 30.2 Å². The van der Waals surface area contributed by atoms with Gasteiger partial charge < -0.3 is 19.9 Å². The van der Waals surface area contributed by atoms with Crippen LogP contribution in [0.25, 0.3) is 0 Å². The van der Waals surface area contributed by atoms with Crippen molar-refractivity contribution in [2.75, 3.05) is 32.8 Å². The summed E-state index contributed by atoms with van der Waals surface area (Å²) in [6.07, 6.45) is 2.33. The molecule has 2 aromatic rings. The summed E-state index contributed by atoms with van der Waals surface area (Å²) in [5.41, 5.74) is 3.43. The van der Waals surface area contributed by atoms with Crippen LogP contribution in [-0.2, 0) is 16.0 Å². The van der Waals surface area contributed by atoms with Crippen molar-refractivity contribution >= 4 is 17.5 Å². The van der Waals surface area contributed by atoms with Gasteiger partial charge in [-0.1, -0.05) is 18.2 Å². The number of piperidine rings is 1. The number of amides is 1. The Bertz CT molecular complexity index is 1050. The highest BCUT2D eigenvalue weighted by Crippen LogP contribution is 2.28. The summed E-state index contributed by atoms with van der Waals surface area (Å²) in [5.74, 6) is -0.276. The largest absolute Gasteiger partial charge is 0.507 e. The van der Waals surface area contributed by atoms with E-state index in [0.717, 1.165) is 49.2 Å².